The molecule has 7 heteroatoms. The predicted molar refractivity (Wildman–Crippen MR) is 84.1 cm³/mol. The molecule has 1 heterocycles. The highest BCUT2D eigenvalue weighted by atomic mass is 35.5. The molecule has 1 amide bonds. The number of carbonyl (C=O) groups excluding carboxylic acids is 1. The van der Waals surface area contributed by atoms with E-state index in [1.54, 1.807) is 48.5 Å². The van der Waals surface area contributed by atoms with Crippen molar-refractivity contribution in [3.63, 3.8) is 0 Å². The molecular weight excluding hydrogens is 325 g/mol. The quantitative estimate of drug-likeness (QED) is 0.776. The van der Waals surface area contributed by atoms with Crippen LogP contribution in [0.5, 0.6) is 0 Å². The van der Waals surface area contributed by atoms with Crippen molar-refractivity contribution < 1.29 is 9.21 Å². The van der Waals surface area contributed by atoms with Gasteiger partial charge in [-0.3, -0.25) is 4.79 Å². The first-order valence-corrected chi connectivity index (χ1v) is 7.04. The number of aromatic nitrogens is 2. The van der Waals surface area contributed by atoms with Crippen LogP contribution in [0.4, 0.5) is 5.69 Å². The third-order valence-corrected chi connectivity index (χ3v) is 3.28. The number of nitrogens with one attached hydrogen (secondary N) is 1. The summed E-state index contributed by atoms with van der Waals surface area (Å²) in [6.45, 7) is 0. The zero-order valence-electron chi connectivity index (χ0n) is 11.1. The van der Waals surface area contributed by atoms with Crippen molar-refractivity contribution in [2.45, 2.75) is 0 Å². The van der Waals surface area contributed by atoms with E-state index in [4.69, 9.17) is 27.6 Å². The van der Waals surface area contributed by atoms with Crippen molar-refractivity contribution in [1.29, 1.82) is 0 Å². The molecule has 0 unspecified atom stereocenters. The molecule has 3 rings (SSSR count). The zero-order chi connectivity index (χ0) is 15.5. The summed E-state index contributed by atoms with van der Waals surface area (Å²) < 4.78 is 5.36. The molecule has 0 bridgehead atoms. The third kappa shape index (κ3) is 3.27. The highest BCUT2D eigenvalue weighted by Crippen LogP contribution is 2.21. The zero-order valence-corrected chi connectivity index (χ0v) is 12.6. The second kappa shape index (κ2) is 6.17. The van der Waals surface area contributed by atoms with Gasteiger partial charge in [-0.2, -0.15) is 0 Å². The lowest BCUT2D eigenvalue weighted by Crippen LogP contribution is -2.12. The second-order valence-electron chi connectivity index (χ2n) is 4.38. The molecule has 0 aliphatic carbocycles. The van der Waals surface area contributed by atoms with Gasteiger partial charge in [0, 0.05) is 21.3 Å². The summed E-state index contributed by atoms with van der Waals surface area (Å²) in [5.74, 6) is -0.396. The standard InChI is InChI=1S/C15H9Cl2N3O2/c16-10-6-4-9(5-7-10)14-19-20-15(22-14)13(21)18-12-3-1-2-11(17)8-12/h1-8H,(H,18,21). The first-order chi connectivity index (χ1) is 10.6. The fourth-order valence-corrected chi connectivity index (χ4v) is 2.09. The Bertz CT molecular complexity index is 816. The molecule has 3 aromatic rings. The summed E-state index contributed by atoms with van der Waals surface area (Å²) in [7, 11) is 0. The lowest BCUT2D eigenvalue weighted by atomic mass is 10.2. The fourth-order valence-electron chi connectivity index (χ4n) is 1.77. The normalized spacial score (nSPS) is 10.5. The Kier molecular flexibility index (Phi) is 4.09. The monoisotopic (exact) mass is 333 g/mol. The first kappa shape index (κ1) is 14.6. The summed E-state index contributed by atoms with van der Waals surface area (Å²) in [6, 6.07) is 13.6. The number of hydrogen-bond acceptors (Lipinski definition) is 4. The van der Waals surface area contributed by atoms with Crippen LogP contribution in [0.15, 0.2) is 52.9 Å². The Balaban J connectivity index is 1.78. The minimum absolute atomic E-state index is 0.134. The van der Waals surface area contributed by atoms with Crippen molar-refractivity contribution in [1.82, 2.24) is 10.2 Å². The van der Waals surface area contributed by atoms with E-state index in [2.05, 4.69) is 15.5 Å². The maximum absolute atomic E-state index is 12.1. The predicted octanol–water partition coefficient (Wildman–Crippen LogP) is 4.30. The van der Waals surface area contributed by atoms with Crippen LogP contribution in [-0.4, -0.2) is 16.1 Å². The summed E-state index contributed by atoms with van der Waals surface area (Å²) in [5, 5.41) is 11.3. The highest BCUT2D eigenvalue weighted by molar-refractivity contribution is 6.31. The van der Waals surface area contributed by atoms with E-state index >= 15 is 0 Å². The molecule has 0 saturated heterocycles. The van der Waals surface area contributed by atoms with E-state index in [0.29, 0.717) is 21.3 Å². The average molecular weight is 334 g/mol. The fraction of sp³-hybridized carbons (Fsp3) is 0. The number of anilines is 1. The van der Waals surface area contributed by atoms with E-state index in [-0.39, 0.29) is 11.8 Å². The molecule has 2 aromatic carbocycles. The minimum atomic E-state index is -0.505. The minimum Gasteiger partial charge on any atom is -0.412 e. The van der Waals surface area contributed by atoms with E-state index < -0.39 is 5.91 Å². The van der Waals surface area contributed by atoms with Crippen LogP contribution in [0.1, 0.15) is 10.7 Å². The van der Waals surface area contributed by atoms with E-state index in [0.717, 1.165) is 0 Å². The number of amides is 1. The number of rotatable bonds is 3. The SMILES string of the molecule is O=C(Nc1cccc(Cl)c1)c1nnc(-c2ccc(Cl)cc2)o1. The molecule has 110 valence electrons. The van der Waals surface area contributed by atoms with Crippen LogP contribution in [0.2, 0.25) is 10.0 Å². The number of halogens is 2. The molecule has 0 aliphatic heterocycles. The Morgan fingerprint density at radius 1 is 1.00 bits per heavy atom. The Hall–Kier alpha value is -2.37. The molecule has 22 heavy (non-hydrogen) atoms. The van der Waals surface area contributed by atoms with Crippen LogP contribution in [-0.2, 0) is 0 Å². The van der Waals surface area contributed by atoms with Gasteiger partial charge in [-0.05, 0) is 42.5 Å². The third-order valence-electron chi connectivity index (χ3n) is 2.79. The lowest BCUT2D eigenvalue weighted by Gasteiger charge is -2.01. The molecule has 0 aliphatic rings. The van der Waals surface area contributed by atoms with Gasteiger partial charge in [-0.25, -0.2) is 0 Å². The Morgan fingerprint density at radius 3 is 2.50 bits per heavy atom. The van der Waals surface area contributed by atoms with Crippen molar-refractivity contribution in [2.75, 3.05) is 5.32 Å². The van der Waals surface area contributed by atoms with E-state index in [1.165, 1.54) is 0 Å². The topological polar surface area (TPSA) is 68.0 Å². The van der Waals surface area contributed by atoms with Gasteiger partial charge in [0.05, 0.1) is 0 Å². The number of hydrogen-bond donors (Lipinski definition) is 1. The van der Waals surface area contributed by atoms with Gasteiger partial charge in [-0.15, -0.1) is 10.2 Å². The first-order valence-electron chi connectivity index (χ1n) is 6.28. The molecule has 0 atom stereocenters. The Labute approximate surface area is 135 Å². The largest absolute Gasteiger partial charge is 0.412 e. The molecule has 1 aromatic heterocycles. The van der Waals surface area contributed by atoms with Crippen LogP contribution in [0, 0.1) is 0 Å². The van der Waals surface area contributed by atoms with Crippen molar-refractivity contribution in [3.8, 4) is 11.5 Å². The van der Waals surface area contributed by atoms with Crippen molar-refractivity contribution in [2.24, 2.45) is 0 Å². The second-order valence-corrected chi connectivity index (χ2v) is 5.26. The van der Waals surface area contributed by atoms with Gasteiger partial charge in [0.15, 0.2) is 0 Å². The molecule has 5 nitrogen and oxygen atoms in total. The Morgan fingerprint density at radius 2 is 1.77 bits per heavy atom. The van der Waals surface area contributed by atoms with Crippen molar-refractivity contribution >= 4 is 34.8 Å². The van der Waals surface area contributed by atoms with Gasteiger partial charge in [0.1, 0.15) is 0 Å². The van der Waals surface area contributed by atoms with Gasteiger partial charge in [0.25, 0.3) is 0 Å². The maximum Gasteiger partial charge on any atom is 0.313 e. The van der Waals surface area contributed by atoms with Crippen LogP contribution in [0.25, 0.3) is 11.5 Å². The van der Waals surface area contributed by atoms with Gasteiger partial charge >= 0.3 is 11.8 Å². The van der Waals surface area contributed by atoms with Gasteiger partial charge in [-0.1, -0.05) is 29.3 Å². The summed E-state index contributed by atoms with van der Waals surface area (Å²) in [5.41, 5.74) is 1.22. The van der Waals surface area contributed by atoms with Crippen LogP contribution >= 0.6 is 23.2 Å². The molecule has 0 radical (unpaired) electrons. The van der Waals surface area contributed by atoms with Gasteiger partial charge < -0.3 is 9.73 Å². The average Bonchev–Trinajstić information content (AvgIpc) is 2.98. The molecule has 0 saturated carbocycles. The summed E-state index contributed by atoms with van der Waals surface area (Å²) in [6.07, 6.45) is 0. The van der Waals surface area contributed by atoms with E-state index in [1.807, 2.05) is 0 Å². The number of benzene rings is 2. The van der Waals surface area contributed by atoms with Crippen LogP contribution < -0.4 is 5.32 Å². The highest BCUT2D eigenvalue weighted by Gasteiger charge is 2.16. The summed E-state index contributed by atoms with van der Waals surface area (Å²) >= 11 is 11.7. The maximum atomic E-state index is 12.1. The van der Waals surface area contributed by atoms with Crippen molar-refractivity contribution in [3.05, 3.63) is 64.5 Å². The summed E-state index contributed by atoms with van der Waals surface area (Å²) in [4.78, 5) is 12.1. The molecule has 1 N–H and O–H groups in total. The smallest absolute Gasteiger partial charge is 0.313 e. The molecule has 0 spiro atoms. The number of nitrogens with zero attached hydrogens (tertiary/aromatic N) is 2. The molecule has 0 fully saturated rings. The van der Waals surface area contributed by atoms with Gasteiger partial charge in [0.2, 0.25) is 5.89 Å². The van der Waals surface area contributed by atoms with E-state index in [9.17, 15) is 4.79 Å². The lowest BCUT2D eigenvalue weighted by molar-refractivity contribution is 0.0991. The molecular formula is C15H9Cl2N3O2. The van der Waals surface area contributed by atoms with Crippen LogP contribution in [0.3, 0.4) is 0 Å². The number of carbonyl (C=O) groups is 1.